The van der Waals surface area contributed by atoms with E-state index in [1.165, 1.54) is 18.1 Å². The minimum Gasteiger partial charge on any atom is -0.460 e. The lowest BCUT2D eigenvalue weighted by atomic mass is 10.2. The summed E-state index contributed by atoms with van der Waals surface area (Å²) >= 11 is 0. The topological polar surface area (TPSA) is 117 Å². The zero-order valence-electron chi connectivity index (χ0n) is 17.9. The molecule has 1 unspecified atom stereocenters. The van der Waals surface area contributed by atoms with E-state index in [4.69, 9.17) is 9.47 Å². The van der Waals surface area contributed by atoms with Crippen LogP contribution in [0.3, 0.4) is 0 Å². The Labute approximate surface area is 198 Å². The molecule has 170 valence electrons. The lowest BCUT2D eigenvalue weighted by Crippen LogP contribution is -2.39. The molecule has 10 nitrogen and oxygen atoms in total. The maximum Gasteiger partial charge on any atom is 0.417 e. The number of carbonyl (C=O) groups excluding carboxylic acids is 2. The Morgan fingerprint density at radius 3 is 2.35 bits per heavy atom. The van der Waals surface area contributed by atoms with Crippen molar-refractivity contribution in [2.45, 2.75) is 26.4 Å². The standard InChI is InChI=1S/C20H27N5O5.HI/c1-14(24(3)18-15(12-26)7-5-9-22-18)30-20(28)25(4)19-16(8-6-10-23-19)13-29-17(27)11-21-2;/h5-10,14,21,26H,11-13H2,1-4H3;1H. The molecule has 2 heterocycles. The number of aliphatic hydroxyl groups excluding tert-OH is 1. The number of esters is 1. The van der Waals surface area contributed by atoms with Crippen molar-refractivity contribution in [3.8, 4) is 0 Å². The van der Waals surface area contributed by atoms with Gasteiger partial charge in [-0.25, -0.2) is 14.8 Å². The molecule has 0 saturated heterocycles. The van der Waals surface area contributed by atoms with Crippen molar-refractivity contribution in [1.82, 2.24) is 15.3 Å². The third-order valence-electron chi connectivity index (χ3n) is 4.36. The minimum atomic E-state index is -0.666. The number of aliphatic hydroxyl groups is 1. The number of rotatable bonds is 9. The van der Waals surface area contributed by atoms with E-state index < -0.39 is 18.3 Å². The number of anilines is 2. The molecule has 0 radical (unpaired) electrons. The molecule has 0 aliphatic carbocycles. The lowest BCUT2D eigenvalue weighted by molar-refractivity contribution is -0.143. The first-order chi connectivity index (χ1) is 14.4. The molecule has 2 N–H and O–H groups in total. The highest BCUT2D eigenvalue weighted by Gasteiger charge is 2.23. The number of amides is 1. The molecule has 31 heavy (non-hydrogen) atoms. The third-order valence-corrected chi connectivity index (χ3v) is 4.36. The molecule has 1 atom stereocenters. The summed E-state index contributed by atoms with van der Waals surface area (Å²) in [6.07, 6.45) is 1.83. The highest BCUT2D eigenvalue weighted by atomic mass is 127. The fraction of sp³-hybridized carbons (Fsp3) is 0.400. The minimum absolute atomic E-state index is 0. The Bertz CT molecular complexity index is 869. The van der Waals surface area contributed by atoms with Gasteiger partial charge in [0.1, 0.15) is 18.2 Å². The highest BCUT2D eigenvalue weighted by molar-refractivity contribution is 14.0. The number of aromatic nitrogens is 2. The van der Waals surface area contributed by atoms with E-state index in [9.17, 15) is 14.7 Å². The Morgan fingerprint density at radius 2 is 1.74 bits per heavy atom. The van der Waals surface area contributed by atoms with E-state index in [0.717, 1.165) is 0 Å². The smallest absolute Gasteiger partial charge is 0.417 e. The molecule has 0 fully saturated rings. The molecular weight excluding hydrogens is 517 g/mol. The van der Waals surface area contributed by atoms with Gasteiger partial charge in [0, 0.05) is 37.6 Å². The molecule has 11 heteroatoms. The quantitative estimate of drug-likeness (QED) is 0.277. The zero-order valence-corrected chi connectivity index (χ0v) is 20.3. The van der Waals surface area contributed by atoms with Crippen molar-refractivity contribution in [1.29, 1.82) is 0 Å². The van der Waals surface area contributed by atoms with Crippen LogP contribution in [0.1, 0.15) is 18.1 Å². The Balaban J connectivity index is 0.00000480. The molecule has 0 bridgehead atoms. The largest absolute Gasteiger partial charge is 0.460 e. The third kappa shape index (κ3) is 7.29. The fourth-order valence-corrected chi connectivity index (χ4v) is 2.63. The van der Waals surface area contributed by atoms with Gasteiger partial charge in [-0.1, -0.05) is 12.1 Å². The molecule has 0 saturated carbocycles. The van der Waals surface area contributed by atoms with Gasteiger partial charge in [0.05, 0.1) is 13.2 Å². The van der Waals surface area contributed by atoms with Crippen molar-refractivity contribution in [3.63, 3.8) is 0 Å². The van der Waals surface area contributed by atoms with E-state index in [1.54, 1.807) is 56.4 Å². The van der Waals surface area contributed by atoms with Gasteiger partial charge in [-0.3, -0.25) is 9.69 Å². The van der Waals surface area contributed by atoms with Crippen LogP contribution in [0.25, 0.3) is 0 Å². The van der Waals surface area contributed by atoms with E-state index in [2.05, 4.69) is 15.3 Å². The molecule has 2 rings (SSSR count). The number of likely N-dealkylation sites (N-methyl/N-ethyl adjacent to an activating group) is 1. The summed E-state index contributed by atoms with van der Waals surface area (Å²) in [6.45, 7) is 1.57. The van der Waals surface area contributed by atoms with Gasteiger partial charge < -0.3 is 24.8 Å². The lowest BCUT2D eigenvalue weighted by Gasteiger charge is -2.29. The summed E-state index contributed by atoms with van der Waals surface area (Å²) in [6, 6.07) is 6.88. The summed E-state index contributed by atoms with van der Waals surface area (Å²) in [5, 5.41) is 12.2. The normalized spacial score (nSPS) is 11.1. The van der Waals surface area contributed by atoms with Gasteiger partial charge in [-0.2, -0.15) is 0 Å². The fourth-order valence-electron chi connectivity index (χ4n) is 2.63. The summed E-state index contributed by atoms with van der Waals surface area (Å²) in [5.74, 6) is 0.421. The summed E-state index contributed by atoms with van der Waals surface area (Å²) < 4.78 is 10.7. The van der Waals surface area contributed by atoms with Crippen molar-refractivity contribution < 1.29 is 24.2 Å². The molecule has 0 spiro atoms. The first kappa shape index (κ1) is 26.5. The van der Waals surface area contributed by atoms with Gasteiger partial charge in [0.15, 0.2) is 6.23 Å². The van der Waals surface area contributed by atoms with Crippen molar-refractivity contribution in [2.75, 3.05) is 37.5 Å². The predicted octanol–water partition coefficient (Wildman–Crippen LogP) is 1.90. The maximum atomic E-state index is 12.7. The predicted molar refractivity (Wildman–Crippen MR) is 126 cm³/mol. The van der Waals surface area contributed by atoms with Gasteiger partial charge >= 0.3 is 12.1 Å². The van der Waals surface area contributed by atoms with Crippen LogP contribution in [-0.4, -0.2) is 61.1 Å². The Morgan fingerprint density at radius 1 is 1.13 bits per heavy atom. The SMILES string of the molecule is CNCC(=O)OCc1cccnc1N(C)C(=O)OC(C)N(C)c1ncccc1CO.I. The zero-order chi connectivity index (χ0) is 22.1. The average Bonchev–Trinajstić information content (AvgIpc) is 2.76. The molecular formula is C20H28IN5O5. The van der Waals surface area contributed by atoms with Crippen molar-refractivity contribution in [2.24, 2.45) is 0 Å². The van der Waals surface area contributed by atoms with E-state index in [-0.39, 0.29) is 43.7 Å². The van der Waals surface area contributed by atoms with Crippen LogP contribution >= 0.6 is 24.0 Å². The number of pyridine rings is 2. The number of hydrogen-bond acceptors (Lipinski definition) is 9. The molecule has 2 aromatic heterocycles. The monoisotopic (exact) mass is 545 g/mol. The first-order valence-electron chi connectivity index (χ1n) is 9.35. The first-order valence-corrected chi connectivity index (χ1v) is 9.35. The van der Waals surface area contributed by atoms with Crippen LogP contribution in [-0.2, 0) is 27.5 Å². The van der Waals surface area contributed by atoms with E-state index in [0.29, 0.717) is 22.8 Å². The van der Waals surface area contributed by atoms with Crippen LogP contribution in [0.2, 0.25) is 0 Å². The number of halogens is 1. The second-order valence-corrected chi connectivity index (χ2v) is 6.47. The second-order valence-electron chi connectivity index (χ2n) is 6.47. The second kappa shape index (κ2) is 13.0. The molecule has 0 aliphatic heterocycles. The van der Waals surface area contributed by atoms with Crippen LogP contribution in [0.4, 0.5) is 16.4 Å². The molecule has 2 aromatic rings. The van der Waals surface area contributed by atoms with Gasteiger partial charge in [-0.15, -0.1) is 24.0 Å². The average molecular weight is 545 g/mol. The van der Waals surface area contributed by atoms with Gasteiger partial charge in [-0.05, 0) is 26.1 Å². The summed E-state index contributed by atoms with van der Waals surface area (Å²) in [5.41, 5.74) is 1.18. The Hall–Kier alpha value is -2.51. The summed E-state index contributed by atoms with van der Waals surface area (Å²) in [7, 11) is 4.89. The van der Waals surface area contributed by atoms with Crippen LogP contribution < -0.4 is 15.1 Å². The number of nitrogens with one attached hydrogen (secondary N) is 1. The molecule has 0 aromatic carbocycles. The number of nitrogens with zero attached hydrogens (tertiary/aromatic N) is 4. The van der Waals surface area contributed by atoms with Gasteiger partial charge in [0.2, 0.25) is 0 Å². The van der Waals surface area contributed by atoms with E-state index >= 15 is 0 Å². The maximum absolute atomic E-state index is 12.7. The van der Waals surface area contributed by atoms with Gasteiger partial charge in [0.25, 0.3) is 0 Å². The number of hydrogen-bond donors (Lipinski definition) is 2. The number of carbonyl (C=O) groups is 2. The molecule has 1 amide bonds. The number of ether oxygens (including phenoxy) is 2. The summed E-state index contributed by atoms with van der Waals surface area (Å²) in [4.78, 5) is 35.6. The Kier molecular flexibility index (Phi) is 11.1. The van der Waals surface area contributed by atoms with Crippen LogP contribution in [0.5, 0.6) is 0 Å². The van der Waals surface area contributed by atoms with Crippen LogP contribution in [0, 0.1) is 0 Å². The van der Waals surface area contributed by atoms with Crippen molar-refractivity contribution in [3.05, 3.63) is 47.8 Å². The highest BCUT2D eigenvalue weighted by Crippen LogP contribution is 2.21. The molecule has 0 aliphatic rings. The van der Waals surface area contributed by atoms with Crippen LogP contribution in [0.15, 0.2) is 36.7 Å². The van der Waals surface area contributed by atoms with Crippen molar-refractivity contribution >= 4 is 47.7 Å². The van der Waals surface area contributed by atoms with E-state index in [1.807, 2.05) is 0 Å².